The topological polar surface area (TPSA) is 48.0 Å². The van der Waals surface area contributed by atoms with Crippen LogP contribution in [0.4, 0.5) is 0 Å². The molecule has 318 valence electrons. The van der Waals surface area contributed by atoms with Crippen LogP contribution in [0.2, 0.25) is 0 Å². The summed E-state index contributed by atoms with van der Waals surface area (Å²) in [6.07, 6.45) is 0. The van der Waals surface area contributed by atoms with E-state index in [1.807, 2.05) is 18.2 Å². The van der Waals surface area contributed by atoms with Crippen molar-refractivity contribution in [1.82, 2.24) is 24.1 Å². The van der Waals surface area contributed by atoms with E-state index in [1.165, 1.54) is 21.8 Å². The van der Waals surface area contributed by atoms with Gasteiger partial charge < -0.3 is 4.57 Å². The molecule has 0 saturated heterocycles. The maximum absolute atomic E-state index is 5.59. The van der Waals surface area contributed by atoms with Crippen LogP contribution in [0.15, 0.2) is 249 Å². The molecular formula is C63H41N5. The number of hydrogen-bond acceptors (Lipinski definition) is 3. The Kier molecular flexibility index (Phi) is 9.43. The monoisotopic (exact) mass is 867 g/mol. The van der Waals surface area contributed by atoms with Crippen LogP contribution in [0.1, 0.15) is 0 Å². The highest BCUT2D eigenvalue weighted by Gasteiger charge is 2.25. The summed E-state index contributed by atoms with van der Waals surface area (Å²) in [5, 5.41) is 10.3. The number of hydrogen-bond donors (Lipinski definition) is 0. The number of fused-ring (bicyclic) bond motifs is 6. The molecule has 0 aliphatic carbocycles. The van der Waals surface area contributed by atoms with Gasteiger partial charge in [0.05, 0.1) is 33.6 Å². The van der Waals surface area contributed by atoms with E-state index >= 15 is 0 Å². The third-order valence-corrected chi connectivity index (χ3v) is 13.1. The smallest absolute Gasteiger partial charge is 0.160 e. The summed E-state index contributed by atoms with van der Waals surface area (Å²) in [4.78, 5) is 10.5. The summed E-state index contributed by atoms with van der Waals surface area (Å²) in [6, 6.07) is 87.9. The molecule has 68 heavy (non-hydrogen) atoms. The predicted octanol–water partition coefficient (Wildman–Crippen LogP) is 16.0. The van der Waals surface area contributed by atoms with Crippen molar-refractivity contribution in [2.24, 2.45) is 0 Å². The van der Waals surface area contributed by atoms with E-state index in [4.69, 9.17) is 15.1 Å². The molecule has 4 aromatic heterocycles. The molecule has 5 heteroatoms. The summed E-state index contributed by atoms with van der Waals surface area (Å²) in [6.45, 7) is 0. The van der Waals surface area contributed by atoms with Gasteiger partial charge in [-0.05, 0) is 52.9 Å². The lowest BCUT2D eigenvalue weighted by Crippen LogP contribution is -2.00. The van der Waals surface area contributed by atoms with E-state index in [0.717, 1.165) is 94.8 Å². The zero-order valence-electron chi connectivity index (χ0n) is 36.9. The second-order valence-electron chi connectivity index (χ2n) is 17.2. The van der Waals surface area contributed by atoms with Crippen molar-refractivity contribution in [2.75, 3.05) is 0 Å². The van der Waals surface area contributed by atoms with Gasteiger partial charge in [-0.2, -0.15) is 5.10 Å². The van der Waals surface area contributed by atoms with E-state index in [9.17, 15) is 0 Å². The van der Waals surface area contributed by atoms with Crippen LogP contribution in [0, 0.1) is 0 Å². The maximum atomic E-state index is 5.59. The number of pyridine rings is 1. The molecular weight excluding hydrogens is 827 g/mol. The molecule has 0 radical (unpaired) electrons. The largest absolute Gasteiger partial charge is 0.309 e. The molecule has 0 spiro atoms. The summed E-state index contributed by atoms with van der Waals surface area (Å²) in [5.41, 5.74) is 17.7. The van der Waals surface area contributed by atoms with Crippen molar-refractivity contribution in [3.8, 4) is 84.4 Å². The predicted molar refractivity (Wildman–Crippen MR) is 281 cm³/mol. The van der Waals surface area contributed by atoms with E-state index < -0.39 is 0 Å². The van der Waals surface area contributed by atoms with E-state index in [0.29, 0.717) is 5.82 Å². The number of benzene rings is 9. The molecule has 0 atom stereocenters. The van der Waals surface area contributed by atoms with Gasteiger partial charge in [0.2, 0.25) is 0 Å². The molecule has 0 saturated carbocycles. The Bertz CT molecular complexity index is 3930. The van der Waals surface area contributed by atoms with Gasteiger partial charge in [0.1, 0.15) is 5.69 Å². The van der Waals surface area contributed by atoms with Crippen molar-refractivity contribution in [3.05, 3.63) is 249 Å². The second kappa shape index (κ2) is 16.4. The summed E-state index contributed by atoms with van der Waals surface area (Å²) < 4.78 is 4.54. The zero-order chi connectivity index (χ0) is 45.0. The normalized spacial score (nSPS) is 11.5. The van der Waals surface area contributed by atoms with E-state index in [-0.39, 0.29) is 0 Å². The molecule has 13 rings (SSSR count). The number of para-hydroxylation sites is 2. The first-order valence-electron chi connectivity index (χ1n) is 23.0. The van der Waals surface area contributed by atoms with Crippen molar-refractivity contribution in [2.45, 2.75) is 0 Å². The van der Waals surface area contributed by atoms with Crippen LogP contribution in [0.25, 0.3) is 122 Å². The Hall–Kier alpha value is -9.19. The summed E-state index contributed by atoms with van der Waals surface area (Å²) in [7, 11) is 0. The third-order valence-electron chi connectivity index (χ3n) is 13.1. The first-order valence-corrected chi connectivity index (χ1v) is 23.0. The summed E-state index contributed by atoms with van der Waals surface area (Å²) >= 11 is 0. The molecule has 5 nitrogen and oxygen atoms in total. The fraction of sp³-hybridized carbons (Fsp3) is 0. The van der Waals surface area contributed by atoms with Crippen LogP contribution in [0.3, 0.4) is 0 Å². The average Bonchev–Trinajstić information content (AvgIpc) is 3.99. The Morgan fingerprint density at radius 1 is 0.309 bits per heavy atom. The minimum atomic E-state index is 0.672. The lowest BCUT2D eigenvalue weighted by Gasteiger charge is -2.18. The van der Waals surface area contributed by atoms with Crippen molar-refractivity contribution in [3.63, 3.8) is 0 Å². The number of aromatic nitrogens is 5. The van der Waals surface area contributed by atoms with Crippen LogP contribution in [0.5, 0.6) is 0 Å². The number of rotatable bonds is 8. The molecule has 0 N–H and O–H groups in total. The second-order valence-corrected chi connectivity index (χ2v) is 17.2. The fourth-order valence-corrected chi connectivity index (χ4v) is 10.1. The molecule has 0 fully saturated rings. The first kappa shape index (κ1) is 39.2. The van der Waals surface area contributed by atoms with E-state index in [1.54, 1.807) is 0 Å². The fourth-order valence-electron chi connectivity index (χ4n) is 10.1. The molecule has 4 heterocycles. The van der Waals surface area contributed by atoms with Crippen LogP contribution >= 0.6 is 0 Å². The highest BCUT2D eigenvalue weighted by atomic mass is 15.2. The number of nitrogens with zero attached hydrogens (tertiary/aromatic N) is 5. The molecule has 9 aromatic carbocycles. The van der Waals surface area contributed by atoms with Crippen molar-refractivity contribution < 1.29 is 0 Å². The standard InChI is InChI=1S/C63H41N5/c1-5-20-43(21-6-1)59-60(44-22-7-2-8-23-44)66-68-61(45-24-9-3-10-25-45)58(52-32-13-14-33-53(52)62(59)68)48-29-19-28-47(40-48)55-41-54(64-63(65-55)46-26-11-4-12-27-46)42-36-38-49(39-37-42)67-56-34-17-15-30-50(56)51-31-16-18-35-57(51)67/h1-41H. The molecule has 0 amide bonds. The minimum absolute atomic E-state index is 0.672. The highest BCUT2D eigenvalue weighted by Crippen LogP contribution is 2.46. The first-order chi connectivity index (χ1) is 33.7. The SMILES string of the molecule is c1ccc(-c2nc(-c3ccc(-n4c5ccccc5c5ccccc54)cc3)cc(-c3cccc(-c4c(-c5ccccc5)n5nc(-c6ccccc6)c(-c6ccccc6)c5c5ccccc45)c3)n2)cc1. The molecule has 0 unspecified atom stereocenters. The van der Waals surface area contributed by atoms with Gasteiger partial charge in [0, 0.05) is 60.8 Å². The lowest BCUT2D eigenvalue weighted by atomic mass is 9.90. The van der Waals surface area contributed by atoms with Gasteiger partial charge in [-0.15, -0.1) is 0 Å². The Labute approximate surface area is 393 Å². The van der Waals surface area contributed by atoms with Gasteiger partial charge in [0.25, 0.3) is 0 Å². The zero-order valence-corrected chi connectivity index (χ0v) is 36.9. The van der Waals surface area contributed by atoms with Gasteiger partial charge in [-0.1, -0.05) is 212 Å². The Morgan fingerprint density at radius 3 is 1.43 bits per heavy atom. The Morgan fingerprint density at radius 2 is 0.794 bits per heavy atom. The van der Waals surface area contributed by atoms with Crippen molar-refractivity contribution in [1.29, 1.82) is 0 Å². The van der Waals surface area contributed by atoms with Gasteiger partial charge in [-0.25, -0.2) is 14.5 Å². The quantitative estimate of drug-likeness (QED) is 0.153. The van der Waals surface area contributed by atoms with Crippen LogP contribution < -0.4 is 0 Å². The summed E-state index contributed by atoms with van der Waals surface area (Å²) in [5.74, 6) is 0.672. The van der Waals surface area contributed by atoms with Gasteiger partial charge >= 0.3 is 0 Å². The maximum Gasteiger partial charge on any atom is 0.160 e. The minimum Gasteiger partial charge on any atom is -0.309 e. The van der Waals surface area contributed by atoms with Crippen molar-refractivity contribution >= 4 is 38.1 Å². The molecule has 0 aliphatic rings. The van der Waals surface area contributed by atoms with Crippen LogP contribution in [-0.2, 0) is 0 Å². The third kappa shape index (κ3) is 6.59. The molecule has 0 bridgehead atoms. The lowest BCUT2D eigenvalue weighted by molar-refractivity contribution is 0.981. The molecule has 0 aliphatic heterocycles. The Balaban J connectivity index is 1.01. The molecule has 13 aromatic rings. The highest BCUT2D eigenvalue weighted by molar-refractivity contribution is 6.15. The van der Waals surface area contributed by atoms with E-state index in [2.05, 4.69) is 240 Å². The van der Waals surface area contributed by atoms with Gasteiger partial charge in [-0.3, -0.25) is 0 Å². The van der Waals surface area contributed by atoms with Gasteiger partial charge in [0.15, 0.2) is 5.82 Å². The average molecular weight is 868 g/mol. The van der Waals surface area contributed by atoms with Crippen LogP contribution in [-0.4, -0.2) is 24.1 Å².